The molecule has 2 saturated heterocycles. The molecule has 1 N–H and O–H groups in total. The van der Waals surface area contributed by atoms with Gasteiger partial charge in [0.2, 0.25) is 11.8 Å². The summed E-state index contributed by atoms with van der Waals surface area (Å²) in [6.45, 7) is 8.27. The zero-order chi connectivity index (χ0) is 15.4. The van der Waals surface area contributed by atoms with Crippen molar-refractivity contribution in [3.8, 4) is 0 Å². The van der Waals surface area contributed by atoms with E-state index in [0.29, 0.717) is 12.5 Å². The number of carbonyl (C=O) groups is 2. The van der Waals surface area contributed by atoms with Crippen LogP contribution in [0.5, 0.6) is 0 Å². The van der Waals surface area contributed by atoms with E-state index in [1.165, 1.54) is 0 Å². The van der Waals surface area contributed by atoms with Crippen LogP contribution >= 0.6 is 0 Å². The number of amides is 2. The number of piperazine rings is 1. The quantitative estimate of drug-likeness (QED) is 0.857. The van der Waals surface area contributed by atoms with Crippen LogP contribution in [0.3, 0.4) is 0 Å². The Morgan fingerprint density at radius 3 is 2.38 bits per heavy atom. The summed E-state index contributed by atoms with van der Waals surface area (Å²) in [5, 5.41) is 2.88. The Balaban J connectivity index is 1.78. The van der Waals surface area contributed by atoms with E-state index in [4.69, 9.17) is 4.74 Å². The number of ether oxygens (including phenoxy) is 1. The fourth-order valence-corrected chi connectivity index (χ4v) is 3.56. The van der Waals surface area contributed by atoms with Gasteiger partial charge in [0.1, 0.15) is 11.6 Å². The Bertz CT molecular complexity index is 468. The van der Waals surface area contributed by atoms with Crippen LogP contribution < -0.4 is 5.32 Å². The molecule has 0 radical (unpaired) electrons. The van der Waals surface area contributed by atoms with Crippen molar-refractivity contribution >= 4 is 11.8 Å². The second-order valence-electron chi connectivity index (χ2n) is 7.89. The van der Waals surface area contributed by atoms with Crippen molar-refractivity contribution in [1.29, 1.82) is 0 Å². The predicted molar refractivity (Wildman–Crippen MR) is 78.6 cm³/mol. The van der Waals surface area contributed by atoms with Crippen LogP contribution in [0.2, 0.25) is 0 Å². The molecule has 2 heterocycles. The molecule has 0 spiro atoms. The maximum atomic E-state index is 12.7. The SMILES string of the molecule is CC1(C)CCC(CN2C(=O)C(C)(C)NC(=O)C2C2CC2)O1. The molecule has 5 nitrogen and oxygen atoms in total. The van der Waals surface area contributed by atoms with Crippen molar-refractivity contribution in [3.63, 3.8) is 0 Å². The lowest BCUT2D eigenvalue weighted by molar-refractivity contribution is -0.157. The molecule has 3 rings (SSSR count). The lowest BCUT2D eigenvalue weighted by Crippen LogP contribution is -2.69. The van der Waals surface area contributed by atoms with Gasteiger partial charge in [-0.1, -0.05) is 0 Å². The first-order valence-electron chi connectivity index (χ1n) is 8.00. The molecule has 2 atom stereocenters. The Labute approximate surface area is 126 Å². The molecule has 0 aromatic rings. The van der Waals surface area contributed by atoms with Crippen molar-refractivity contribution in [1.82, 2.24) is 10.2 Å². The first-order chi connectivity index (χ1) is 9.70. The molecule has 0 bridgehead atoms. The Hall–Kier alpha value is -1.10. The van der Waals surface area contributed by atoms with Crippen LogP contribution in [0.15, 0.2) is 0 Å². The fourth-order valence-electron chi connectivity index (χ4n) is 3.56. The summed E-state index contributed by atoms with van der Waals surface area (Å²) in [6, 6.07) is -0.294. The highest BCUT2D eigenvalue weighted by molar-refractivity contribution is 5.99. The molecule has 3 aliphatic rings. The fraction of sp³-hybridized carbons (Fsp3) is 0.875. The van der Waals surface area contributed by atoms with E-state index in [-0.39, 0.29) is 29.6 Å². The molecule has 3 fully saturated rings. The standard InChI is InChI=1S/C16H26N2O3/c1-15(2)8-7-11(21-15)9-18-12(10-5-6-10)13(19)17-16(3,4)14(18)20/h10-12H,5-9H2,1-4H3,(H,17,19). The average Bonchev–Trinajstić information content (AvgIpc) is 3.11. The van der Waals surface area contributed by atoms with Crippen molar-refractivity contribution in [2.24, 2.45) is 5.92 Å². The lowest BCUT2D eigenvalue weighted by atomic mass is 9.94. The summed E-state index contributed by atoms with van der Waals surface area (Å²) in [6.07, 6.45) is 4.09. The minimum atomic E-state index is -0.809. The van der Waals surface area contributed by atoms with Gasteiger partial charge in [0, 0.05) is 6.54 Å². The molecule has 0 aromatic carbocycles. The first kappa shape index (κ1) is 14.8. The smallest absolute Gasteiger partial charge is 0.248 e. The van der Waals surface area contributed by atoms with Gasteiger partial charge in [0.05, 0.1) is 11.7 Å². The van der Waals surface area contributed by atoms with Crippen LogP contribution in [0.4, 0.5) is 0 Å². The Kier molecular flexibility index (Phi) is 3.32. The van der Waals surface area contributed by atoms with Crippen LogP contribution in [0, 0.1) is 5.92 Å². The van der Waals surface area contributed by atoms with Crippen molar-refractivity contribution < 1.29 is 14.3 Å². The van der Waals surface area contributed by atoms with E-state index in [9.17, 15) is 9.59 Å². The normalized spacial score (nSPS) is 35.0. The molecule has 1 aliphatic carbocycles. The molecule has 2 unspecified atom stereocenters. The molecule has 2 amide bonds. The van der Waals surface area contributed by atoms with E-state index in [2.05, 4.69) is 19.2 Å². The van der Waals surface area contributed by atoms with Crippen molar-refractivity contribution in [2.75, 3.05) is 6.54 Å². The van der Waals surface area contributed by atoms with E-state index in [1.54, 1.807) is 18.7 Å². The minimum absolute atomic E-state index is 0.000595. The second-order valence-corrected chi connectivity index (χ2v) is 7.89. The van der Waals surface area contributed by atoms with Gasteiger partial charge in [-0.05, 0) is 59.3 Å². The number of carbonyl (C=O) groups excluding carboxylic acids is 2. The van der Waals surface area contributed by atoms with Crippen LogP contribution in [0.25, 0.3) is 0 Å². The summed E-state index contributed by atoms with van der Waals surface area (Å²) < 4.78 is 6.03. The topological polar surface area (TPSA) is 58.6 Å². The zero-order valence-electron chi connectivity index (χ0n) is 13.4. The van der Waals surface area contributed by atoms with Gasteiger partial charge in [0.15, 0.2) is 0 Å². The summed E-state index contributed by atoms with van der Waals surface area (Å²) >= 11 is 0. The highest BCUT2D eigenvalue weighted by Gasteiger charge is 2.51. The molecular weight excluding hydrogens is 268 g/mol. The molecule has 118 valence electrons. The van der Waals surface area contributed by atoms with Gasteiger partial charge in [-0.15, -0.1) is 0 Å². The molecule has 1 saturated carbocycles. The zero-order valence-corrected chi connectivity index (χ0v) is 13.4. The van der Waals surface area contributed by atoms with Gasteiger partial charge in [-0.3, -0.25) is 9.59 Å². The maximum absolute atomic E-state index is 12.7. The number of hydrogen-bond acceptors (Lipinski definition) is 3. The van der Waals surface area contributed by atoms with Gasteiger partial charge < -0.3 is 15.0 Å². The molecule has 5 heteroatoms. The highest BCUT2D eigenvalue weighted by atomic mass is 16.5. The first-order valence-corrected chi connectivity index (χ1v) is 8.00. The second kappa shape index (κ2) is 4.70. The Morgan fingerprint density at radius 1 is 1.19 bits per heavy atom. The summed E-state index contributed by atoms with van der Waals surface area (Å²) in [5.41, 5.74) is -0.924. The maximum Gasteiger partial charge on any atom is 0.248 e. The van der Waals surface area contributed by atoms with Gasteiger partial charge in [-0.2, -0.15) is 0 Å². The summed E-state index contributed by atoms with van der Waals surface area (Å²) in [5.74, 6) is 0.353. The van der Waals surface area contributed by atoms with E-state index in [1.807, 2.05) is 0 Å². The van der Waals surface area contributed by atoms with E-state index in [0.717, 1.165) is 25.7 Å². The van der Waals surface area contributed by atoms with Crippen LogP contribution in [-0.4, -0.2) is 46.5 Å². The molecule has 21 heavy (non-hydrogen) atoms. The summed E-state index contributed by atoms with van der Waals surface area (Å²) in [7, 11) is 0. The Morgan fingerprint density at radius 2 is 1.86 bits per heavy atom. The third-order valence-corrected chi connectivity index (χ3v) is 4.86. The number of nitrogens with zero attached hydrogens (tertiary/aromatic N) is 1. The van der Waals surface area contributed by atoms with Crippen LogP contribution in [0.1, 0.15) is 53.4 Å². The largest absolute Gasteiger partial charge is 0.371 e. The van der Waals surface area contributed by atoms with Gasteiger partial charge in [0.25, 0.3) is 0 Å². The van der Waals surface area contributed by atoms with E-state index >= 15 is 0 Å². The van der Waals surface area contributed by atoms with Crippen molar-refractivity contribution in [3.05, 3.63) is 0 Å². The number of nitrogens with one attached hydrogen (secondary N) is 1. The highest BCUT2D eigenvalue weighted by Crippen LogP contribution is 2.39. The van der Waals surface area contributed by atoms with Crippen LogP contribution in [-0.2, 0) is 14.3 Å². The molecule has 0 aromatic heterocycles. The average molecular weight is 294 g/mol. The van der Waals surface area contributed by atoms with Gasteiger partial charge >= 0.3 is 0 Å². The third-order valence-electron chi connectivity index (χ3n) is 4.86. The van der Waals surface area contributed by atoms with Gasteiger partial charge in [-0.25, -0.2) is 0 Å². The lowest BCUT2D eigenvalue weighted by Gasteiger charge is -2.44. The number of hydrogen-bond donors (Lipinski definition) is 1. The third kappa shape index (κ3) is 2.80. The van der Waals surface area contributed by atoms with Crippen molar-refractivity contribution in [2.45, 2.75) is 76.7 Å². The minimum Gasteiger partial charge on any atom is -0.371 e. The van der Waals surface area contributed by atoms with E-state index < -0.39 is 5.54 Å². The molecule has 2 aliphatic heterocycles. The molecular formula is C16H26N2O3. The monoisotopic (exact) mass is 294 g/mol. The number of rotatable bonds is 3. The summed E-state index contributed by atoms with van der Waals surface area (Å²) in [4.78, 5) is 26.9. The predicted octanol–water partition coefficient (Wildman–Crippen LogP) is 1.46.